The van der Waals surface area contributed by atoms with Crippen LogP contribution in [-0.2, 0) is 22.0 Å². The van der Waals surface area contributed by atoms with Gasteiger partial charge in [0.2, 0.25) is 0 Å². The lowest BCUT2D eigenvalue weighted by molar-refractivity contribution is -0.284. The molecule has 234 valence electrons. The van der Waals surface area contributed by atoms with Crippen molar-refractivity contribution in [2.45, 2.75) is 127 Å². The number of rotatable bonds is 15. The standard InChI is InChI=1S/C33H49F5O2S/c1-31-20-18-27-26-15-10-9-13-24(26)23-25(30(27)28(31)16-17-29(31)40-2)14-8-6-4-3-5-7-11-21-41(39)22-12-19-32(34,35)33(36,37)38/h9-10,13,15,25,27-30H,3-8,11-12,14,16-23H2,1-2H3/t25-,27-,28+,29+,30-,31+,41?/m1/s1. The first kappa shape index (κ1) is 32.9. The molecule has 1 unspecified atom stereocenters. The van der Waals surface area contributed by atoms with Crippen LogP contribution in [0.2, 0.25) is 0 Å². The van der Waals surface area contributed by atoms with Crippen molar-refractivity contribution in [3.05, 3.63) is 35.4 Å². The van der Waals surface area contributed by atoms with Crippen LogP contribution in [0.3, 0.4) is 0 Å². The van der Waals surface area contributed by atoms with Gasteiger partial charge in [-0.25, -0.2) is 0 Å². The first-order chi connectivity index (χ1) is 19.5. The summed E-state index contributed by atoms with van der Waals surface area (Å²) in [5.74, 6) is -1.48. The van der Waals surface area contributed by atoms with Gasteiger partial charge in [-0.15, -0.1) is 0 Å². The number of benzene rings is 1. The minimum atomic E-state index is -5.53. The number of halogens is 5. The Balaban J connectivity index is 1.14. The number of ether oxygens (including phenoxy) is 1. The van der Waals surface area contributed by atoms with Gasteiger partial charge in [-0.1, -0.05) is 69.7 Å². The second-order valence-electron chi connectivity index (χ2n) is 13.2. The molecule has 3 aliphatic carbocycles. The minimum absolute atomic E-state index is 0.0920. The first-order valence-corrected chi connectivity index (χ1v) is 17.4. The van der Waals surface area contributed by atoms with Gasteiger partial charge in [-0.3, -0.25) is 4.21 Å². The van der Waals surface area contributed by atoms with E-state index < -0.39 is 29.3 Å². The summed E-state index contributed by atoms with van der Waals surface area (Å²) >= 11 is 0. The predicted octanol–water partition coefficient (Wildman–Crippen LogP) is 9.63. The summed E-state index contributed by atoms with van der Waals surface area (Å²) in [5, 5.41) is 0. The molecule has 2 saturated carbocycles. The third-order valence-electron chi connectivity index (χ3n) is 10.7. The number of hydrogen-bond donors (Lipinski definition) is 0. The van der Waals surface area contributed by atoms with Gasteiger partial charge in [0.15, 0.2) is 0 Å². The molecule has 0 radical (unpaired) electrons. The lowest BCUT2D eigenvalue weighted by atomic mass is 9.52. The van der Waals surface area contributed by atoms with Crippen molar-refractivity contribution >= 4 is 10.8 Å². The molecule has 0 saturated heterocycles. The Hall–Kier alpha value is -1.02. The summed E-state index contributed by atoms with van der Waals surface area (Å²) in [7, 11) is 0.562. The van der Waals surface area contributed by atoms with Gasteiger partial charge in [0.05, 0.1) is 6.10 Å². The molecule has 41 heavy (non-hydrogen) atoms. The molecule has 1 aromatic carbocycles. The van der Waals surface area contributed by atoms with Crippen LogP contribution in [0.1, 0.15) is 114 Å². The topological polar surface area (TPSA) is 26.3 Å². The quantitative estimate of drug-likeness (QED) is 0.147. The molecular formula is C33H49F5O2S. The van der Waals surface area contributed by atoms with E-state index in [0.717, 1.165) is 43.4 Å². The van der Waals surface area contributed by atoms with Gasteiger partial charge in [-0.2, -0.15) is 22.0 Å². The largest absolute Gasteiger partial charge is 0.453 e. The van der Waals surface area contributed by atoms with Gasteiger partial charge in [-0.05, 0) is 91.6 Å². The molecule has 1 aromatic rings. The van der Waals surface area contributed by atoms with E-state index in [4.69, 9.17) is 4.74 Å². The van der Waals surface area contributed by atoms with E-state index in [1.165, 1.54) is 57.8 Å². The number of methoxy groups -OCH3 is 1. The van der Waals surface area contributed by atoms with Gasteiger partial charge in [0.25, 0.3) is 0 Å². The Kier molecular flexibility index (Phi) is 11.4. The van der Waals surface area contributed by atoms with E-state index in [9.17, 15) is 26.2 Å². The van der Waals surface area contributed by atoms with Gasteiger partial charge in [0.1, 0.15) is 0 Å². The van der Waals surface area contributed by atoms with Crippen LogP contribution in [0.5, 0.6) is 0 Å². The monoisotopic (exact) mass is 604 g/mol. The highest BCUT2D eigenvalue weighted by molar-refractivity contribution is 7.84. The highest BCUT2D eigenvalue weighted by Gasteiger charge is 2.57. The lowest BCUT2D eigenvalue weighted by Gasteiger charge is -2.53. The third kappa shape index (κ3) is 7.74. The third-order valence-corrected chi connectivity index (χ3v) is 12.2. The molecule has 0 heterocycles. The van der Waals surface area contributed by atoms with Crippen molar-refractivity contribution in [3.8, 4) is 0 Å². The van der Waals surface area contributed by atoms with Crippen molar-refractivity contribution in [2.24, 2.45) is 23.2 Å². The summed E-state index contributed by atoms with van der Waals surface area (Å²) in [4.78, 5) is 0. The molecule has 2 fully saturated rings. The van der Waals surface area contributed by atoms with Crippen molar-refractivity contribution in [3.63, 3.8) is 0 Å². The fraction of sp³-hybridized carbons (Fsp3) is 0.818. The maximum Gasteiger partial charge on any atom is 0.453 e. The van der Waals surface area contributed by atoms with Crippen LogP contribution in [0.15, 0.2) is 24.3 Å². The van der Waals surface area contributed by atoms with Crippen molar-refractivity contribution in [1.82, 2.24) is 0 Å². The molecule has 0 amide bonds. The summed E-state index contributed by atoms with van der Waals surface area (Å²) in [6.07, 6.45) is 8.18. The highest BCUT2D eigenvalue weighted by Crippen LogP contribution is 2.63. The van der Waals surface area contributed by atoms with E-state index in [0.29, 0.717) is 23.2 Å². The first-order valence-electron chi connectivity index (χ1n) is 15.9. The normalized spacial score (nSPS) is 30.5. The second kappa shape index (κ2) is 14.2. The molecule has 0 aliphatic heterocycles. The maximum atomic E-state index is 13.0. The van der Waals surface area contributed by atoms with Crippen molar-refractivity contribution < 1.29 is 30.9 Å². The molecule has 0 spiro atoms. The van der Waals surface area contributed by atoms with Crippen LogP contribution >= 0.6 is 0 Å². The Morgan fingerprint density at radius 2 is 1.56 bits per heavy atom. The van der Waals surface area contributed by atoms with Gasteiger partial charge >= 0.3 is 12.1 Å². The second-order valence-corrected chi connectivity index (χ2v) is 14.9. The minimum Gasteiger partial charge on any atom is -0.381 e. The summed E-state index contributed by atoms with van der Waals surface area (Å²) in [6, 6.07) is 9.15. The number of unbranched alkanes of at least 4 members (excludes halogenated alkanes) is 6. The van der Waals surface area contributed by atoms with Crippen molar-refractivity contribution in [2.75, 3.05) is 18.6 Å². The summed E-state index contributed by atoms with van der Waals surface area (Å²) in [6.45, 7) is 2.49. The number of hydrogen-bond acceptors (Lipinski definition) is 2. The number of alkyl halides is 5. The Morgan fingerprint density at radius 1 is 0.902 bits per heavy atom. The van der Waals surface area contributed by atoms with Crippen LogP contribution in [-0.4, -0.2) is 41.0 Å². The predicted molar refractivity (Wildman–Crippen MR) is 156 cm³/mol. The zero-order valence-electron chi connectivity index (χ0n) is 24.8. The molecule has 7 atom stereocenters. The maximum absolute atomic E-state index is 13.0. The van der Waals surface area contributed by atoms with Gasteiger partial charge in [0, 0.05) is 35.8 Å². The molecule has 0 bridgehead atoms. The zero-order valence-corrected chi connectivity index (χ0v) is 25.6. The van der Waals surface area contributed by atoms with Crippen LogP contribution < -0.4 is 0 Å². The Morgan fingerprint density at radius 3 is 2.27 bits per heavy atom. The number of fused-ring (bicyclic) bond motifs is 5. The van der Waals surface area contributed by atoms with Crippen molar-refractivity contribution in [1.29, 1.82) is 0 Å². The average molecular weight is 605 g/mol. The average Bonchev–Trinajstić information content (AvgIpc) is 3.27. The molecular weight excluding hydrogens is 555 g/mol. The molecule has 3 aliphatic rings. The fourth-order valence-corrected chi connectivity index (χ4v) is 9.80. The smallest absolute Gasteiger partial charge is 0.381 e. The molecule has 0 N–H and O–H groups in total. The van der Waals surface area contributed by atoms with E-state index in [1.807, 2.05) is 7.11 Å². The van der Waals surface area contributed by atoms with Crippen LogP contribution in [0, 0.1) is 23.2 Å². The lowest BCUT2D eigenvalue weighted by Crippen LogP contribution is -2.47. The van der Waals surface area contributed by atoms with Crippen LogP contribution in [0.4, 0.5) is 22.0 Å². The van der Waals surface area contributed by atoms with Crippen LogP contribution in [0.25, 0.3) is 0 Å². The van der Waals surface area contributed by atoms with Gasteiger partial charge < -0.3 is 4.74 Å². The van der Waals surface area contributed by atoms with E-state index in [-0.39, 0.29) is 12.2 Å². The Bertz CT molecular complexity index is 998. The molecule has 2 nitrogen and oxygen atoms in total. The van der Waals surface area contributed by atoms with E-state index >= 15 is 0 Å². The fourth-order valence-electron chi connectivity index (χ4n) is 8.60. The summed E-state index contributed by atoms with van der Waals surface area (Å²) < 4.78 is 80.6. The Labute approximate surface area is 246 Å². The summed E-state index contributed by atoms with van der Waals surface area (Å²) in [5.41, 5.74) is 3.48. The highest BCUT2D eigenvalue weighted by atomic mass is 32.2. The molecule has 8 heteroatoms. The molecule has 0 aromatic heterocycles. The SMILES string of the molecule is CO[C@H]1CC[C@H]2[C@@H]3[C@H](CCCCCCCCCS(=O)CCCC(F)(F)C(F)(F)F)Cc4ccccc4[C@H]3CC[C@]12C. The molecule has 4 rings (SSSR count). The van der Waals surface area contributed by atoms with E-state index in [1.54, 1.807) is 11.1 Å². The zero-order chi connectivity index (χ0) is 29.7. The van der Waals surface area contributed by atoms with E-state index in [2.05, 4.69) is 31.2 Å².